The first kappa shape index (κ1) is 13.3. The van der Waals surface area contributed by atoms with E-state index in [1.807, 2.05) is 0 Å². The Hall–Kier alpha value is 0.270. The molecule has 0 heterocycles. The maximum absolute atomic E-state index is 8.99. The summed E-state index contributed by atoms with van der Waals surface area (Å²) < 4.78 is 0. The molecule has 1 N–H and O–H groups in total. The molecule has 0 bridgehead atoms. The van der Waals surface area contributed by atoms with Gasteiger partial charge in [-0.25, -0.2) is 0 Å². The lowest BCUT2D eigenvalue weighted by Crippen LogP contribution is -2.42. The Kier molecular flexibility index (Phi) is 7.49. The molecule has 0 unspecified atom stereocenters. The Labute approximate surface area is 99.5 Å². The van der Waals surface area contributed by atoms with E-state index in [4.69, 9.17) is 5.11 Å². The van der Waals surface area contributed by atoms with Gasteiger partial charge in [0.15, 0.2) is 0 Å². The predicted octanol–water partition coefficient (Wildman–Crippen LogP) is 2.32. The number of rotatable bonds is 9. The van der Waals surface area contributed by atoms with Gasteiger partial charge in [0.05, 0.1) is 6.61 Å². The van der Waals surface area contributed by atoms with E-state index in [0.717, 1.165) is 18.3 Å². The average Bonchev–Trinajstić information content (AvgIpc) is 2.15. The van der Waals surface area contributed by atoms with Crippen LogP contribution in [0.3, 0.4) is 0 Å². The second kappa shape index (κ2) is 8.43. The highest BCUT2D eigenvalue weighted by molar-refractivity contribution is 7.80. The first-order valence-electron chi connectivity index (χ1n) is 6.34. The minimum absolute atomic E-state index is 0.313. The summed E-state index contributed by atoms with van der Waals surface area (Å²) in [6, 6.07) is 0.780. The summed E-state index contributed by atoms with van der Waals surface area (Å²) in [5, 5.41) is 8.99. The van der Waals surface area contributed by atoms with Gasteiger partial charge in [0, 0.05) is 12.6 Å². The first-order chi connectivity index (χ1) is 7.38. The maximum atomic E-state index is 8.99. The molecule has 1 fully saturated rings. The minimum atomic E-state index is 0.313. The van der Waals surface area contributed by atoms with Gasteiger partial charge in [-0.1, -0.05) is 19.3 Å². The molecule has 90 valence electrons. The third kappa shape index (κ3) is 5.23. The highest BCUT2D eigenvalue weighted by atomic mass is 32.1. The summed E-state index contributed by atoms with van der Waals surface area (Å²) in [4.78, 5) is 2.48. The van der Waals surface area contributed by atoms with E-state index in [1.54, 1.807) is 0 Å². The Morgan fingerprint density at radius 2 is 1.80 bits per heavy atom. The van der Waals surface area contributed by atoms with Crippen LogP contribution in [-0.2, 0) is 0 Å². The van der Waals surface area contributed by atoms with Crippen molar-refractivity contribution in [2.24, 2.45) is 0 Å². The zero-order chi connectivity index (χ0) is 10.9. The van der Waals surface area contributed by atoms with Crippen molar-refractivity contribution in [3.05, 3.63) is 0 Å². The largest absolute Gasteiger partial charge is 0.395 e. The fraction of sp³-hybridized carbons (Fsp3) is 1.00. The van der Waals surface area contributed by atoms with Gasteiger partial charge in [0.1, 0.15) is 0 Å². The Morgan fingerprint density at radius 1 is 1.07 bits per heavy atom. The van der Waals surface area contributed by atoms with Crippen LogP contribution < -0.4 is 0 Å². The monoisotopic (exact) mass is 231 g/mol. The van der Waals surface area contributed by atoms with Gasteiger partial charge in [0.2, 0.25) is 0 Å². The van der Waals surface area contributed by atoms with Crippen LogP contribution in [0.5, 0.6) is 0 Å². The summed E-state index contributed by atoms with van der Waals surface area (Å²) in [6.45, 7) is 2.36. The molecule has 1 saturated carbocycles. The Morgan fingerprint density at radius 3 is 2.33 bits per heavy atom. The van der Waals surface area contributed by atoms with E-state index >= 15 is 0 Å². The SMILES string of the molecule is OCCN(CCCCCCS)C1CCC1. The van der Waals surface area contributed by atoms with Crippen LogP contribution >= 0.6 is 12.6 Å². The third-order valence-corrected chi connectivity index (χ3v) is 3.65. The molecule has 0 radical (unpaired) electrons. The van der Waals surface area contributed by atoms with E-state index in [0.29, 0.717) is 6.61 Å². The van der Waals surface area contributed by atoms with Crippen LogP contribution in [-0.4, -0.2) is 41.5 Å². The van der Waals surface area contributed by atoms with E-state index < -0.39 is 0 Å². The topological polar surface area (TPSA) is 23.5 Å². The molecule has 1 aliphatic carbocycles. The van der Waals surface area contributed by atoms with Crippen LogP contribution in [0.4, 0.5) is 0 Å². The molecule has 0 aromatic heterocycles. The Balaban J connectivity index is 2.03. The van der Waals surface area contributed by atoms with Crippen molar-refractivity contribution < 1.29 is 5.11 Å². The van der Waals surface area contributed by atoms with Gasteiger partial charge >= 0.3 is 0 Å². The molecular formula is C12H25NOS. The normalized spacial score (nSPS) is 17.0. The first-order valence-corrected chi connectivity index (χ1v) is 6.97. The fourth-order valence-electron chi connectivity index (χ4n) is 2.14. The van der Waals surface area contributed by atoms with Crippen LogP contribution in [0, 0.1) is 0 Å². The summed E-state index contributed by atoms with van der Waals surface area (Å²) in [5.41, 5.74) is 0. The molecule has 0 spiro atoms. The number of hydrogen-bond acceptors (Lipinski definition) is 3. The standard InChI is InChI=1S/C12H25NOS/c14-10-9-13(12-6-5-7-12)8-3-1-2-4-11-15/h12,14-15H,1-11H2. The van der Waals surface area contributed by atoms with Gasteiger partial charge < -0.3 is 5.11 Å². The second-order valence-electron chi connectivity index (χ2n) is 4.48. The number of aliphatic hydroxyl groups is 1. The molecule has 1 rings (SSSR count). The summed E-state index contributed by atoms with van der Waals surface area (Å²) in [5.74, 6) is 1.02. The molecule has 15 heavy (non-hydrogen) atoms. The highest BCUT2D eigenvalue weighted by Crippen LogP contribution is 2.24. The van der Waals surface area contributed by atoms with Crippen LogP contribution in [0.1, 0.15) is 44.9 Å². The number of unbranched alkanes of at least 4 members (excludes halogenated alkanes) is 3. The molecule has 0 aromatic carbocycles. The molecule has 2 nitrogen and oxygen atoms in total. The van der Waals surface area contributed by atoms with Crippen LogP contribution in [0.25, 0.3) is 0 Å². The number of thiol groups is 1. The smallest absolute Gasteiger partial charge is 0.0558 e. The maximum Gasteiger partial charge on any atom is 0.0558 e. The third-order valence-electron chi connectivity index (χ3n) is 3.33. The summed E-state index contributed by atoms with van der Waals surface area (Å²) in [7, 11) is 0. The summed E-state index contributed by atoms with van der Waals surface area (Å²) >= 11 is 4.21. The number of aliphatic hydroxyl groups excluding tert-OH is 1. The van der Waals surface area contributed by atoms with Crippen molar-refractivity contribution in [3.8, 4) is 0 Å². The highest BCUT2D eigenvalue weighted by Gasteiger charge is 2.23. The molecule has 0 amide bonds. The van der Waals surface area contributed by atoms with Gasteiger partial charge in [-0.05, 0) is 38.0 Å². The second-order valence-corrected chi connectivity index (χ2v) is 4.93. The number of nitrogens with zero attached hydrogens (tertiary/aromatic N) is 1. The van der Waals surface area contributed by atoms with Crippen LogP contribution in [0.2, 0.25) is 0 Å². The average molecular weight is 231 g/mol. The predicted molar refractivity (Wildman–Crippen MR) is 68.6 cm³/mol. The van der Waals surface area contributed by atoms with Crippen molar-refractivity contribution in [3.63, 3.8) is 0 Å². The fourth-order valence-corrected chi connectivity index (χ4v) is 2.36. The molecule has 1 aliphatic rings. The van der Waals surface area contributed by atoms with Crippen molar-refractivity contribution in [2.45, 2.75) is 51.0 Å². The van der Waals surface area contributed by atoms with E-state index in [1.165, 1.54) is 51.5 Å². The van der Waals surface area contributed by atoms with Gasteiger partial charge in [-0.3, -0.25) is 4.90 Å². The lowest BCUT2D eigenvalue weighted by molar-refractivity contribution is 0.0995. The van der Waals surface area contributed by atoms with Gasteiger partial charge in [-0.2, -0.15) is 12.6 Å². The molecule has 0 atom stereocenters. The van der Waals surface area contributed by atoms with E-state index in [2.05, 4.69) is 17.5 Å². The quantitative estimate of drug-likeness (QED) is 0.470. The zero-order valence-electron chi connectivity index (χ0n) is 9.70. The van der Waals surface area contributed by atoms with Crippen molar-refractivity contribution in [1.29, 1.82) is 0 Å². The van der Waals surface area contributed by atoms with Crippen molar-refractivity contribution in [2.75, 3.05) is 25.4 Å². The van der Waals surface area contributed by atoms with E-state index in [9.17, 15) is 0 Å². The van der Waals surface area contributed by atoms with Crippen molar-refractivity contribution >= 4 is 12.6 Å². The minimum Gasteiger partial charge on any atom is -0.395 e. The molecule has 0 saturated heterocycles. The summed E-state index contributed by atoms with van der Waals surface area (Å²) in [6.07, 6.45) is 9.21. The Bertz CT molecular complexity index is 151. The molecule has 0 aromatic rings. The van der Waals surface area contributed by atoms with Gasteiger partial charge in [0.25, 0.3) is 0 Å². The lowest BCUT2D eigenvalue weighted by atomic mass is 9.91. The lowest BCUT2D eigenvalue weighted by Gasteiger charge is -2.37. The van der Waals surface area contributed by atoms with Crippen LogP contribution in [0.15, 0.2) is 0 Å². The van der Waals surface area contributed by atoms with Crippen molar-refractivity contribution in [1.82, 2.24) is 4.90 Å². The van der Waals surface area contributed by atoms with E-state index in [-0.39, 0.29) is 0 Å². The molecule has 3 heteroatoms. The van der Waals surface area contributed by atoms with Gasteiger partial charge in [-0.15, -0.1) is 0 Å². The number of hydrogen-bond donors (Lipinski definition) is 2. The molecular weight excluding hydrogens is 206 g/mol. The molecule has 0 aliphatic heterocycles. The zero-order valence-corrected chi connectivity index (χ0v) is 10.6.